The van der Waals surface area contributed by atoms with Gasteiger partial charge in [0.25, 0.3) is 5.91 Å². The van der Waals surface area contributed by atoms with Gasteiger partial charge in [-0.25, -0.2) is 4.98 Å². The first-order valence-corrected chi connectivity index (χ1v) is 7.76. The lowest BCUT2D eigenvalue weighted by atomic mass is 10.2. The molecule has 5 nitrogen and oxygen atoms in total. The molecular formula is C14H18N4OS. The second kappa shape index (κ2) is 5.36. The summed E-state index contributed by atoms with van der Waals surface area (Å²) in [6.45, 7) is 4.58. The molecule has 0 aromatic carbocycles. The number of fused-ring (bicyclic) bond motifs is 1. The van der Waals surface area contributed by atoms with E-state index in [1.54, 1.807) is 11.3 Å². The number of amides is 1. The highest BCUT2D eigenvalue weighted by molar-refractivity contribution is 7.12. The number of carbonyl (C=O) groups is 1. The van der Waals surface area contributed by atoms with Crippen LogP contribution in [-0.4, -0.2) is 21.1 Å². The van der Waals surface area contributed by atoms with Gasteiger partial charge < -0.3 is 5.32 Å². The van der Waals surface area contributed by atoms with Gasteiger partial charge in [-0.1, -0.05) is 13.8 Å². The van der Waals surface area contributed by atoms with Crippen molar-refractivity contribution in [3.8, 4) is 0 Å². The van der Waals surface area contributed by atoms with Crippen LogP contribution in [0.1, 0.15) is 57.9 Å². The van der Waals surface area contributed by atoms with E-state index in [4.69, 9.17) is 0 Å². The third kappa shape index (κ3) is 2.60. The Morgan fingerprint density at radius 1 is 1.50 bits per heavy atom. The Hall–Kier alpha value is -1.69. The maximum atomic E-state index is 12.0. The Kier molecular flexibility index (Phi) is 3.56. The SMILES string of the molecule is CC(C)c1nc(C(=O)NCc2cc3c(s2)CCC3)n[nH]1. The number of H-pyrrole nitrogens is 1. The zero-order valence-corrected chi connectivity index (χ0v) is 12.5. The molecule has 1 aliphatic rings. The summed E-state index contributed by atoms with van der Waals surface area (Å²) in [6.07, 6.45) is 3.63. The van der Waals surface area contributed by atoms with Crippen molar-refractivity contribution in [1.29, 1.82) is 0 Å². The lowest BCUT2D eigenvalue weighted by molar-refractivity contribution is 0.0941. The van der Waals surface area contributed by atoms with Gasteiger partial charge >= 0.3 is 0 Å². The van der Waals surface area contributed by atoms with E-state index in [0.29, 0.717) is 6.54 Å². The molecule has 0 unspecified atom stereocenters. The molecule has 0 saturated heterocycles. The Labute approximate surface area is 121 Å². The minimum atomic E-state index is -0.221. The van der Waals surface area contributed by atoms with Crippen molar-refractivity contribution in [2.75, 3.05) is 0 Å². The highest BCUT2D eigenvalue weighted by Gasteiger charge is 2.17. The van der Waals surface area contributed by atoms with E-state index in [9.17, 15) is 4.79 Å². The lowest BCUT2D eigenvalue weighted by Crippen LogP contribution is -2.23. The van der Waals surface area contributed by atoms with Crippen LogP contribution < -0.4 is 5.32 Å². The number of rotatable bonds is 4. The summed E-state index contributed by atoms with van der Waals surface area (Å²) in [5, 5.41) is 9.63. The predicted octanol–water partition coefficient (Wildman–Crippen LogP) is 2.41. The second-order valence-corrected chi connectivity index (χ2v) is 6.62. The van der Waals surface area contributed by atoms with E-state index in [1.165, 1.54) is 34.6 Å². The molecule has 0 saturated carbocycles. The minimum Gasteiger partial charge on any atom is -0.344 e. The average Bonchev–Trinajstić information content (AvgIpc) is 3.10. The summed E-state index contributed by atoms with van der Waals surface area (Å²) in [5.74, 6) is 0.981. The van der Waals surface area contributed by atoms with Gasteiger partial charge in [0, 0.05) is 15.7 Å². The molecule has 1 aliphatic carbocycles. The largest absolute Gasteiger partial charge is 0.344 e. The van der Waals surface area contributed by atoms with E-state index in [-0.39, 0.29) is 17.6 Å². The minimum absolute atomic E-state index is 0.220. The summed E-state index contributed by atoms with van der Waals surface area (Å²) in [7, 11) is 0. The van der Waals surface area contributed by atoms with Gasteiger partial charge in [-0.2, -0.15) is 0 Å². The number of hydrogen-bond acceptors (Lipinski definition) is 4. The number of aromatic nitrogens is 3. The topological polar surface area (TPSA) is 70.7 Å². The number of carbonyl (C=O) groups excluding carboxylic acids is 1. The van der Waals surface area contributed by atoms with Crippen molar-refractivity contribution in [2.45, 2.75) is 45.6 Å². The average molecular weight is 290 g/mol. The zero-order valence-electron chi connectivity index (χ0n) is 11.7. The van der Waals surface area contributed by atoms with Gasteiger partial charge in [0.05, 0.1) is 6.54 Å². The number of nitrogens with zero attached hydrogens (tertiary/aromatic N) is 2. The molecule has 2 N–H and O–H groups in total. The van der Waals surface area contributed by atoms with E-state index >= 15 is 0 Å². The van der Waals surface area contributed by atoms with Crippen LogP contribution in [0.25, 0.3) is 0 Å². The zero-order chi connectivity index (χ0) is 14.1. The fourth-order valence-electron chi connectivity index (χ4n) is 2.36. The van der Waals surface area contributed by atoms with Crippen molar-refractivity contribution in [2.24, 2.45) is 0 Å². The van der Waals surface area contributed by atoms with Crippen LogP contribution in [0.2, 0.25) is 0 Å². The molecule has 6 heteroatoms. The van der Waals surface area contributed by atoms with Gasteiger partial charge in [-0.05, 0) is 30.9 Å². The highest BCUT2D eigenvalue weighted by atomic mass is 32.1. The van der Waals surface area contributed by atoms with Crippen molar-refractivity contribution in [3.63, 3.8) is 0 Å². The van der Waals surface area contributed by atoms with Crippen LogP contribution in [0, 0.1) is 0 Å². The molecule has 0 radical (unpaired) electrons. The summed E-state index contributed by atoms with van der Waals surface area (Å²) >= 11 is 1.81. The van der Waals surface area contributed by atoms with E-state index in [2.05, 4.69) is 26.6 Å². The molecule has 20 heavy (non-hydrogen) atoms. The monoisotopic (exact) mass is 290 g/mol. The van der Waals surface area contributed by atoms with Crippen molar-refractivity contribution in [3.05, 3.63) is 33.0 Å². The maximum absolute atomic E-state index is 12.0. The van der Waals surface area contributed by atoms with Crippen LogP contribution in [-0.2, 0) is 19.4 Å². The van der Waals surface area contributed by atoms with E-state index < -0.39 is 0 Å². The first kappa shape index (κ1) is 13.3. The Morgan fingerprint density at radius 2 is 2.35 bits per heavy atom. The van der Waals surface area contributed by atoms with Crippen molar-refractivity contribution >= 4 is 17.2 Å². The molecule has 1 amide bonds. The molecule has 2 heterocycles. The summed E-state index contributed by atoms with van der Waals surface area (Å²) in [5.41, 5.74) is 1.46. The Morgan fingerprint density at radius 3 is 3.05 bits per heavy atom. The first-order chi connectivity index (χ1) is 9.63. The molecule has 0 atom stereocenters. The fourth-order valence-corrected chi connectivity index (χ4v) is 3.56. The van der Waals surface area contributed by atoms with Crippen LogP contribution >= 0.6 is 11.3 Å². The number of thiophene rings is 1. The third-order valence-electron chi connectivity index (χ3n) is 3.47. The van der Waals surface area contributed by atoms with Crippen LogP contribution in [0.5, 0.6) is 0 Å². The quantitative estimate of drug-likeness (QED) is 0.908. The van der Waals surface area contributed by atoms with Crippen LogP contribution in [0.15, 0.2) is 6.07 Å². The number of hydrogen-bond donors (Lipinski definition) is 2. The molecule has 2 aromatic heterocycles. The Bertz CT molecular complexity index is 607. The Balaban J connectivity index is 1.60. The molecule has 0 bridgehead atoms. The van der Waals surface area contributed by atoms with Crippen LogP contribution in [0.3, 0.4) is 0 Å². The van der Waals surface area contributed by atoms with E-state index in [1.807, 2.05) is 13.8 Å². The van der Waals surface area contributed by atoms with Crippen molar-refractivity contribution in [1.82, 2.24) is 20.5 Å². The van der Waals surface area contributed by atoms with Crippen LogP contribution in [0.4, 0.5) is 0 Å². The highest BCUT2D eigenvalue weighted by Crippen LogP contribution is 2.30. The molecule has 0 aliphatic heterocycles. The number of nitrogens with one attached hydrogen (secondary N) is 2. The maximum Gasteiger partial charge on any atom is 0.291 e. The first-order valence-electron chi connectivity index (χ1n) is 6.94. The molecule has 106 valence electrons. The number of aromatic amines is 1. The lowest BCUT2D eigenvalue weighted by Gasteiger charge is -2.00. The summed E-state index contributed by atoms with van der Waals surface area (Å²) < 4.78 is 0. The molecule has 3 rings (SSSR count). The fraction of sp³-hybridized carbons (Fsp3) is 0.500. The van der Waals surface area contributed by atoms with Gasteiger partial charge in [0.15, 0.2) is 0 Å². The molecule has 2 aromatic rings. The smallest absolute Gasteiger partial charge is 0.291 e. The molecular weight excluding hydrogens is 272 g/mol. The third-order valence-corrected chi connectivity index (χ3v) is 4.71. The van der Waals surface area contributed by atoms with E-state index in [0.717, 1.165) is 5.82 Å². The number of aryl methyl sites for hydroxylation is 2. The van der Waals surface area contributed by atoms with Gasteiger partial charge in [0.2, 0.25) is 5.82 Å². The second-order valence-electron chi connectivity index (χ2n) is 5.40. The van der Waals surface area contributed by atoms with Crippen molar-refractivity contribution < 1.29 is 4.79 Å². The van der Waals surface area contributed by atoms with Gasteiger partial charge in [-0.15, -0.1) is 16.4 Å². The van der Waals surface area contributed by atoms with Gasteiger partial charge in [0.1, 0.15) is 5.82 Å². The summed E-state index contributed by atoms with van der Waals surface area (Å²) in [6, 6.07) is 2.21. The summed E-state index contributed by atoms with van der Waals surface area (Å²) in [4.78, 5) is 18.9. The standard InChI is InChI=1S/C14H18N4OS/c1-8(2)12-16-13(18-17-12)14(19)15-7-10-6-9-4-3-5-11(9)20-10/h6,8H,3-5,7H2,1-2H3,(H,15,19)(H,16,17,18). The normalized spacial score (nSPS) is 13.8. The molecule has 0 fully saturated rings. The predicted molar refractivity (Wildman–Crippen MR) is 78.0 cm³/mol. The van der Waals surface area contributed by atoms with Gasteiger partial charge in [-0.3, -0.25) is 9.89 Å². The molecule has 0 spiro atoms.